The first-order valence-electron chi connectivity index (χ1n) is 17.7. The minimum Gasteiger partial charge on any atom is -0.495 e. The summed E-state index contributed by atoms with van der Waals surface area (Å²) in [5.74, 6) is -1.58. The molecule has 8 atom stereocenters. The Hall–Kier alpha value is -3.30. The van der Waals surface area contributed by atoms with Gasteiger partial charge in [-0.25, -0.2) is 9.59 Å². The molecule has 0 aliphatic carbocycles. The predicted octanol–water partition coefficient (Wildman–Crippen LogP) is 5.00. The number of likely N-dealkylation sites (N-methyl/N-ethyl adjacent to an activating group) is 1. The van der Waals surface area contributed by atoms with Crippen LogP contribution in [0.15, 0.2) is 35.9 Å². The lowest BCUT2D eigenvalue weighted by Crippen LogP contribution is -2.63. The summed E-state index contributed by atoms with van der Waals surface area (Å²) in [6, 6.07) is 2.60. The van der Waals surface area contributed by atoms with E-state index in [9.17, 15) is 24.3 Å². The van der Waals surface area contributed by atoms with Gasteiger partial charge < -0.3 is 38.6 Å². The Kier molecular flexibility index (Phi) is 13.3. The average Bonchev–Trinajstić information content (AvgIpc) is 3.78. The summed E-state index contributed by atoms with van der Waals surface area (Å²) in [4.78, 5) is 56.5. The molecule has 1 unspecified atom stereocenters. The zero-order valence-electron chi connectivity index (χ0n) is 32.2. The van der Waals surface area contributed by atoms with Crippen LogP contribution in [0.2, 0.25) is 5.02 Å². The van der Waals surface area contributed by atoms with Gasteiger partial charge in [-0.3, -0.25) is 14.9 Å². The van der Waals surface area contributed by atoms with Crippen LogP contribution in [0.1, 0.15) is 72.8 Å². The fourth-order valence-corrected chi connectivity index (χ4v) is 7.23. The van der Waals surface area contributed by atoms with Gasteiger partial charge in [0, 0.05) is 44.7 Å². The van der Waals surface area contributed by atoms with Crippen molar-refractivity contribution in [1.82, 2.24) is 10.2 Å². The molecule has 294 valence electrons. The van der Waals surface area contributed by atoms with E-state index in [1.54, 1.807) is 52.1 Å². The van der Waals surface area contributed by atoms with Crippen molar-refractivity contribution in [3.8, 4) is 5.75 Å². The highest BCUT2D eigenvalue weighted by molar-refractivity contribution is 7.81. The predicted molar refractivity (Wildman–Crippen MR) is 203 cm³/mol. The molecule has 0 spiro atoms. The Morgan fingerprint density at radius 3 is 2.57 bits per heavy atom. The number of carbonyl (C=O) groups is 4. The number of rotatable bonds is 8. The third-order valence-corrected chi connectivity index (χ3v) is 11.1. The highest BCUT2D eigenvalue weighted by Gasteiger charge is 2.64. The second-order valence-corrected chi connectivity index (χ2v) is 16.8. The van der Waals surface area contributed by atoms with Gasteiger partial charge in [0.1, 0.15) is 40.7 Å². The largest absolute Gasteiger partial charge is 0.495 e. The molecular formula is C38H54ClN3O10S. The molecule has 2 fully saturated rings. The number of carbonyl (C=O) groups excluding carboxylic acids is 4. The van der Waals surface area contributed by atoms with E-state index in [0.29, 0.717) is 24.3 Å². The Labute approximate surface area is 322 Å². The van der Waals surface area contributed by atoms with Gasteiger partial charge in [0.2, 0.25) is 11.8 Å². The number of hydrogen-bond acceptors (Lipinski definition) is 11. The van der Waals surface area contributed by atoms with Crippen LogP contribution in [-0.2, 0) is 39.8 Å². The lowest BCUT2D eigenvalue weighted by molar-refractivity contribution is -0.162. The first-order chi connectivity index (χ1) is 24.6. The normalized spacial score (nSPS) is 31.5. The number of alkyl carbamates (subject to hydrolysis) is 1. The molecule has 0 saturated carbocycles. The van der Waals surface area contributed by atoms with Crippen LogP contribution in [0.4, 0.5) is 10.5 Å². The maximum absolute atomic E-state index is 14.1. The first kappa shape index (κ1) is 42.4. The van der Waals surface area contributed by atoms with Crippen molar-refractivity contribution >= 4 is 53.8 Å². The van der Waals surface area contributed by atoms with E-state index < -0.39 is 65.7 Å². The number of amides is 3. The van der Waals surface area contributed by atoms with Crippen molar-refractivity contribution in [1.29, 1.82) is 0 Å². The maximum atomic E-state index is 14.1. The van der Waals surface area contributed by atoms with Crippen LogP contribution in [0.5, 0.6) is 5.75 Å². The van der Waals surface area contributed by atoms with Crippen molar-refractivity contribution in [2.75, 3.05) is 33.2 Å². The van der Waals surface area contributed by atoms with Crippen LogP contribution in [0.3, 0.4) is 0 Å². The molecule has 53 heavy (non-hydrogen) atoms. The summed E-state index contributed by atoms with van der Waals surface area (Å²) in [6.07, 6.45) is 1.61. The number of hydrogen-bond donors (Lipinski definition) is 3. The molecule has 13 nitrogen and oxygen atoms in total. The molecule has 4 bridgehead atoms. The van der Waals surface area contributed by atoms with E-state index >= 15 is 0 Å². The summed E-state index contributed by atoms with van der Waals surface area (Å²) < 4.78 is 28.8. The van der Waals surface area contributed by atoms with E-state index in [4.69, 9.17) is 35.3 Å². The molecular weight excluding hydrogens is 726 g/mol. The Bertz CT molecular complexity index is 1630. The van der Waals surface area contributed by atoms with Crippen LogP contribution in [-0.4, -0.2) is 109 Å². The van der Waals surface area contributed by atoms with Crippen molar-refractivity contribution in [3.63, 3.8) is 0 Å². The smallest absolute Gasteiger partial charge is 0.409 e. The molecule has 15 heteroatoms. The summed E-state index contributed by atoms with van der Waals surface area (Å²) in [7, 11) is 6.02. The molecule has 0 radical (unpaired) electrons. The maximum Gasteiger partial charge on any atom is 0.409 e. The monoisotopic (exact) mass is 779 g/mol. The van der Waals surface area contributed by atoms with Crippen molar-refractivity contribution in [2.24, 2.45) is 5.92 Å². The van der Waals surface area contributed by atoms with Crippen LogP contribution < -0.4 is 15.0 Å². The van der Waals surface area contributed by atoms with Gasteiger partial charge in [0.15, 0.2) is 5.72 Å². The van der Waals surface area contributed by atoms with Gasteiger partial charge in [-0.05, 0) is 51.3 Å². The minimum atomic E-state index is -1.83. The molecule has 3 aliphatic rings. The lowest BCUT2D eigenvalue weighted by Gasteiger charge is -2.42. The highest BCUT2D eigenvalue weighted by Crippen LogP contribution is 2.49. The quantitative estimate of drug-likeness (QED) is 0.187. The molecule has 4 rings (SSSR count). The number of methoxy groups -OCH3 is 2. The molecule has 2 N–H and O–H groups in total. The van der Waals surface area contributed by atoms with E-state index in [0.717, 1.165) is 11.1 Å². The third-order valence-electron chi connectivity index (χ3n) is 10.5. The van der Waals surface area contributed by atoms with Gasteiger partial charge in [-0.2, -0.15) is 12.6 Å². The standard InChI is InChI=1S/C38H54ClN3O10S/c1-21-12-11-13-28(49-10)38(47)20-27(50-35(46)40-38)22(2)33-37(6,52-33)29(51-34(45)23(3)41(7)30(43)14-15-36(4,5)53)19-31(44)42(8)25-17-24(16-21)18-26(48-9)32(25)39/h11-13,17-18,22-23,27-29,33,47,53H,14-16,19-20H2,1-10H3,(H,40,46)/b13-11+,21-12+/t22-,23+,27+,28-,29+,33?,37+,38+/m1/s1. The number of fused-ring (bicyclic) bond motifs is 5. The van der Waals surface area contributed by atoms with Gasteiger partial charge in [0.05, 0.1) is 25.3 Å². The molecule has 3 heterocycles. The van der Waals surface area contributed by atoms with E-state index in [2.05, 4.69) is 17.9 Å². The number of nitrogens with one attached hydrogen (secondary N) is 1. The molecule has 1 aromatic carbocycles. The third kappa shape index (κ3) is 9.88. The SMILES string of the molecule is COc1cc2cc(c1Cl)N(C)C(=O)C[C@H](OC(=O)[C@H](C)N(C)C(=O)CCC(C)(C)S)[C@]1(C)OC1[C@H](C)[C@@H]1C[C@@](O)(NC(=O)O1)[C@H](OC)/C=C/C=C(\C)C2. The number of thiol groups is 1. The fourth-order valence-electron chi connectivity index (χ4n) is 6.81. The number of nitrogens with zero attached hydrogens (tertiary/aromatic N) is 2. The minimum absolute atomic E-state index is 0.0509. The van der Waals surface area contributed by atoms with E-state index in [-0.39, 0.29) is 34.9 Å². The topological polar surface area (TPSA) is 156 Å². The van der Waals surface area contributed by atoms with Gasteiger partial charge in [-0.1, -0.05) is 56.2 Å². The number of benzene rings is 1. The number of anilines is 1. The second kappa shape index (κ2) is 16.6. The summed E-state index contributed by atoms with van der Waals surface area (Å²) in [6.45, 7) is 10.8. The van der Waals surface area contributed by atoms with Crippen molar-refractivity contribution in [2.45, 2.75) is 120 Å². The summed E-state index contributed by atoms with van der Waals surface area (Å²) >= 11 is 11.3. The number of esters is 1. The Morgan fingerprint density at radius 1 is 1.26 bits per heavy atom. The Morgan fingerprint density at radius 2 is 1.94 bits per heavy atom. The van der Waals surface area contributed by atoms with E-state index in [1.165, 1.54) is 31.1 Å². The average molecular weight is 780 g/mol. The number of halogens is 1. The zero-order valence-corrected chi connectivity index (χ0v) is 33.9. The second-order valence-electron chi connectivity index (χ2n) is 15.2. The molecule has 3 amide bonds. The number of allylic oxidation sites excluding steroid dienone is 3. The van der Waals surface area contributed by atoms with Crippen molar-refractivity contribution < 1.29 is 48.0 Å². The number of aliphatic hydroxyl groups is 1. The zero-order chi connectivity index (χ0) is 39.6. The summed E-state index contributed by atoms with van der Waals surface area (Å²) in [5.41, 5.74) is -0.916. The van der Waals surface area contributed by atoms with Crippen LogP contribution in [0, 0.1) is 5.92 Å². The van der Waals surface area contributed by atoms with Crippen LogP contribution in [0.25, 0.3) is 0 Å². The molecule has 0 aromatic heterocycles. The highest BCUT2D eigenvalue weighted by atomic mass is 35.5. The molecule has 3 aliphatic heterocycles. The van der Waals surface area contributed by atoms with Crippen molar-refractivity contribution in [3.05, 3.63) is 46.5 Å². The number of ether oxygens (including phenoxy) is 5. The Balaban J connectivity index is 1.74. The molecule has 1 aromatic rings. The van der Waals surface area contributed by atoms with Gasteiger partial charge >= 0.3 is 12.1 Å². The number of epoxide rings is 1. The van der Waals surface area contributed by atoms with Gasteiger partial charge in [0.25, 0.3) is 0 Å². The summed E-state index contributed by atoms with van der Waals surface area (Å²) in [5, 5.41) is 14.5. The van der Waals surface area contributed by atoms with E-state index in [1.807, 2.05) is 26.8 Å². The fraction of sp³-hybridized carbons (Fsp3) is 0.632. The van der Waals surface area contributed by atoms with Crippen LogP contribution >= 0.6 is 24.2 Å². The molecule has 2 saturated heterocycles. The first-order valence-corrected chi connectivity index (χ1v) is 18.5. The van der Waals surface area contributed by atoms with Gasteiger partial charge in [-0.15, -0.1) is 0 Å². The lowest BCUT2D eigenvalue weighted by atomic mass is 9.83.